The van der Waals surface area contributed by atoms with Gasteiger partial charge in [0.1, 0.15) is 4.60 Å². The fourth-order valence-corrected chi connectivity index (χ4v) is 1.90. The zero-order valence-corrected chi connectivity index (χ0v) is 10.3. The maximum atomic E-state index is 12.7. The summed E-state index contributed by atoms with van der Waals surface area (Å²) in [7, 11) is 0. The largest absolute Gasteiger partial charge is 0.462 e. The Morgan fingerprint density at radius 2 is 2.25 bits per heavy atom. The molecule has 0 bridgehead atoms. The minimum absolute atomic E-state index is 0.0226. The number of hydrogen-bond acceptors (Lipinski definition) is 3. The number of carbonyl (C=O) groups is 1. The molecule has 1 heterocycles. The zero-order valence-electron chi connectivity index (χ0n) is 8.76. The highest BCUT2D eigenvalue weighted by molar-refractivity contribution is 9.10. The Labute approximate surface area is 99.9 Å². The molecule has 1 aromatic rings. The molecule has 1 aromatic heterocycles. The molecular weight excluding hydrogens is 284 g/mol. The van der Waals surface area contributed by atoms with Crippen LogP contribution in [-0.4, -0.2) is 17.6 Å². The Balaban J connectivity index is 3.29. The molecule has 0 N–H and O–H groups in total. The van der Waals surface area contributed by atoms with Crippen LogP contribution in [0.1, 0.15) is 35.0 Å². The standard InChI is InChI=1S/C10H10BrF2NO2/c1-3-16-10(15)6-4-5(2)14-8(11)7(6)9(12)13/h4,9H,3H2,1-2H3. The molecule has 0 aliphatic carbocycles. The number of nitrogens with zero attached hydrogens (tertiary/aromatic N) is 1. The van der Waals surface area contributed by atoms with Gasteiger partial charge in [0.15, 0.2) is 0 Å². The molecule has 0 aliphatic heterocycles. The lowest BCUT2D eigenvalue weighted by atomic mass is 10.1. The first-order valence-corrected chi connectivity index (χ1v) is 5.39. The molecule has 16 heavy (non-hydrogen) atoms. The van der Waals surface area contributed by atoms with Crippen molar-refractivity contribution in [3.8, 4) is 0 Å². The van der Waals surface area contributed by atoms with E-state index in [0.717, 1.165) is 0 Å². The van der Waals surface area contributed by atoms with Crippen LogP contribution in [0, 0.1) is 6.92 Å². The summed E-state index contributed by atoms with van der Waals surface area (Å²) in [6, 6.07) is 1.30. The molecular formula is C10H10BrF2NO2. The zero-order chi connectivity index (χ0) is 12.3. The second-order valence-electron chi connectivity index (χ2n) is 3.04. The first-order valence-electron chi connectivity index (χ1n) is 4.59. The third-order valence-electron chi connectivity index (χ3n) is 1.85. The second kappa shape index (κ2) is 5.34. The van der Waals surface area contributed by atoms with E-state index in [-0.39, 0.29) is 16.8 Å². The van der Waals surface area contributed by atoms with Crippen LogP contribution in [-0.2, 0) is 4.74 Å². The number of hydrogen-bond donors (Lipinski definition) is 0. The molecule has 0 aromatic carbocycles. The van der Waals surface area contributed by atoms with E-state index >= 15 is 0 Å². The van der Waals surface area contributed by atoms with E-state index in [1.807, 2.05) is 0 Å². The van der Waals surface area contributed by atoms with E-state index in [1.165, 1.54) is 6.07 Å². The van der Waals surface area contributed by atoms with Crippen LogP contribution >= 0.6 is 15.9 Å². The molecule has 6 heteroatoms. The van der Waals surface area contributed by atoms with Crippen molar-refractivity contribution in [3.63, 3.8) is 0 Å². The van der Waals surface area contributed by atoms with Crippen molar-refractivity contribution in [2.24, 2.45) is 0 Å². The summed E-state index contributed by atoms with van der Waals surface area (Å²) in [6.45, 7) is 3.37. The summed E-state index contributed by atoms with van der Waals surface area (Å²) >= 11 is 2.92. The molecule has 0 saturated heterocycles. The smallest absolute Gasteiger partial charge is 0.338 e. The Morgan fingerprint density at radius 1 is 1.62 bits per heavy atom. The Bertz CT molecular complexity index is 410. The lowest BCUT2D eigenvalue weighted by Crippen LogP contribution is -2.10. The number of halogens is 3. The number of carbonyl (C=O) groups excluding carboxylic acids is 1. The fraction of sp³-hybridized carbons (Fsp3) is 0.400. The predicted octanol–water partition coefficient (Wildman–Crippen LogP) is 3.27. The molecule has 0 amide bonds. The van der Waals surface area contributed by atoms with Gasteiger partial charge in [-0.1, -0.05) is 0 Å². The molecule has 0 aliphatic rings. The van der Waals surface area contributed by atoms with E-state index in [1.54, 1.807) is 13.8 Å². The van der Waals surface area contributed by atoms with Crippen molar-refractivity contribution in [1.82, 2.24) is 4.98 Å². The second-order valence-corrected chi connectivity index (χ2v) is 3.79. The van der Waals surface area contributed by atoms with Crippen molar-refractivity contribution in [2.75, 3.05) is 6.61 Å². The third-order valence-corrected chi connectivity index (χ3v) is 2.46. The molecule has 3 nitrogen and oxygen atoms in total. The summed E-state index contributed by atoms with van der Waals surface area (Å²) in [5.74, 6) is -0.760. The van der Waals surface area contributed by atoms with Gasteiger partial charge in [0.25, 0.3) is 6.43 Å². The minimum Gasteiger partial charge on any atom is -0.462 e. The molecule has 0 fully saturated rings. The van der Waals surface area contributed by atoms with Crippen molar-refractivity contribution >= 4 is 21.9 Å². The lowest BCUT2D eigenvalue weighted by Gasteiger charge is -2.10. The molecule has 88 valence electrons. The maximum absolute atomic E-state index is 12.7. The van der Waals surface area contributed by atoms with Gasteiger partial charge in [-0.2, -0.15) is 0 Å². The first-order chi connectivity index (χ1) is 7.47. The van der Waals surface area contributed by atoms with Crippen LogP contribution in [0.25, 0.3) is 0 Å². The Morgan fingerprint density at radius 3 is 2.75 bits per heavy atom. The van der Waals surface area contributed by atoms with Gasteiger partial charge >= 0.3 is 5.97 Å². The Kier molecular flexibility index (Phi) is 4.35. The summed E-state index contributed by atoms with van der Waals surface area (Å²) in [6.07, 6.45) is -2.78. The first kappa shape index (κ1) is 13.0. The van der Waals surface area contributed by atoms with Gasteiger partial charge in [-0.05, 0) is 35.8 Å². The van der Waals surface area contributed by atoms with Gasteiger partial charge in [-0.15, -0.1) is 0 Å². The van der Waals surface area contributed by atoms with Crippen molar-refractivity contribution in [3.05, 3.63) is 27.5 Å². The van der Waals surface area contributed by atoms with Crippen LogP contribution in [0.15, 0.2) is 10.7 Å². The number of alkyl halides is 2. The van der Waals surface area contributed by atoms with Crippen molar-refractivity contribution in [1.29, 1.82) is 0 Å². The van der Waals surface area contributed by atoms with E-state index in [4.69, 9.17) is 4.74 Å². The summed E-state index contributed by atoms with van der Waals surface area (Å²) < 4.78 is 30.2. The van der Waals surface area contributed by atoms with Gasteiger partial charge in [0, 0.05) is 5.69 Å². The highest BCUT2D eigenvalue weighted by Gasteiger charge is 2.23. The van der Waals surface area contributed by atoms with Gasteiger partial charge in [-0.3, -0.25) is 0 Å². The summed E-state index contributed by atoms with van der Waals surface area (Å²) in [5.41, 5.74) is -0.0976. The van der Waals surface area contributed by atoms with E-state index in [0.29, 0.717) is 5.69 Å². The Hall–Kier alpha value is -1.04. The summed E-state index contributed by atoms with van der Waals surface area (Å²) in [4.78, 5) is 15.3. The maximum Gasteiger partial charge on any atom is 0.338 e. The number of esters is 1. The predicted molar refractivity (Wildman–Crippen MR) is 57.6 cm³/mol. The van der Waals surface area contributed by atoms with Crippen molar-refractivity contribution < 1.29 is 18.3 Å². The lowest BCUT2D eigenvalue weighted by molar-refractivity contribution is 0.0514. The summed E-state index contributed by atoms with van der Waals surface area (Å²) in [5, 5.41) is 0. The van der Waals surface area contributed by atoms with Gasteiger partial charge in [0.05, 0.1) is 17.7 Å². The van der Waals surface area contributed by atoms with Crippen LogP contribution in [0.5, 0.6) is 0 Å². The quantitative estimate of drug-likeness (QED) is 0.634. The molecule has 0 radical (unpaired) electrons. The van der Waals surface area contributed by atoms with Crippen molar-refractivity contribution in [2.45, 2.75) is 20.3 Å². The van der Waals surface area contributed by atoms with Crippen LogP contribution in [0.3, 0.4) is 0 Å². The molecule has 0 spiro atoms. The minimum atomic E-state index is -2.78. The van der Waals surface area contributed by atoms with Crippen LogP contribution in [0.2, 0.25) is 0 Å². The highest BCUT2D eigenvalue weighted by Crippen LogP contribution is 2.30. The number of aromatic nitrogens is 1. The molecule has 1 rings (SSSR count). The van der Waals surface area contributed by atoms with Gasteiger partial charge in [0.2, 0.25) is 0 Å². The average Bonchev–Trinajstić information content (AvgIpc) is 2.15. The molecule has 0 unspecified atom stereocenters. The van der Waals surface area contributed by atoms with Crippen LogP contribution < -0.4 is 0 Å². The van der Waals surface area contributed by atoms with Gasteiger partial charge < -0.3 is 4.74 Å². The third kappa shape index (κ3) is 2.75. The van der Waals surface area contributed by atoms with Gasteiger partial charge in [-0.25, -0.2) is 18.6 Å². The average molecular weight is 294 g/mol. The molecule has 0 atom stereocenters. The van der Waals surface area contributed by atoms with E-state index in [2.05, 4.69) is 20.9 Å². The van der Waals surface area contributed by atoms with E-state index in [9.17, 15) is 13.6 Å². The fourth-order valence-electron chi connectivity index (χ4n) is 1.23. The highest BCUT2D eigenvalue weighted by atomic mass is 79.9. The number of aryl methyl sites for hydroxylation is 1. The topological polar surface area (TPSA) is 39.2 Å². The molecule has 0 saturated carbocycles. The van der Waals surface area contributed by atoms with Crippen LogP contribution in [0.4, 0.5) is 8.78 Å². The number of rotatable bonds is 3. The SMILES string of the molecule is CCOC(=O)c1cc(C)nc(Br)c1C(F)F. The number of ether oxygens (including phenoxy) is 1. The number of pyridine rings is 1. The van der Waals surface area contributed by atoms with E-state index < -0.39 is 18.0 Å². The normalized spacial score (nSPS) is 10.6. The monoisotopic (exact) mass is 293 g/mol.